The van der Waals surface area contributed by atoms with E-state index in [0.717, 1.165) is 26.4 Å². The molecule has 0 spiro atoms. The number of para-hydroxylation sites is 1. The first kappa shape index (κ1) is 25.1. The van der Waals surface area contributed by atoms with Gasteiger partial charge in [-0.15, -0.1) is 0 Å². The molecular weight excluding hydrogens is 470 g/mol. The zero-order valence-corrected chi connectivity index (χ0v) is 19.7. The first-order valence-corrected chi connectivity index (χ1v) is 11.4. The van der Waals surface area contributed by atoms with Gasteiger partial charge in [0.2, 0.25) is 17.6 Å². The molecule has 1 unspecified atom stereocenters. The van der Waals surface area contributed by atoms with Crippen LogP contribution >= 0.6 is 7.60 Å². The number of carbonyl (C=O) groups excluding carboxylic acids is 1. The van der Waals surface area contributed by atoms with Gasteiger partial charge in [-0.25, -0.2) is 9.18 Å². The summed E-state index contributed by atoms with van der Waals surface area (Å²) in [5, 5.41) is 0. The van der Waals surface area contributed by atoms with E-state index in [9.17, 15) is 13.8 Å². The maximum absolute atomic E-state index is 13.4. The van der Waals surface area contributed by atoms with Crippen molar-refractivity contribution in [2.75, 3.05) is 28.4 Å². The molecule has 0 fully saturated rings. The highest BCUT2D eigenvalue weighted by molar-refractivity contribution is 7.54. The van der Waals surface area contributed by atoms with Crippen LogP contribution in [0.25, 0.3) is 0 Å². The van der Waals surface area contributed by atoms with Crippen molar-refractivity contribution in [1.82, 2.24) is 9.97 Å². The summed E-state index contributed by atoms with van der Waals surface area (Å²) in [7, 11) is 1.16. The lowest BCUT2D eigenvalue weighted by Gasteiger charge is -2.25. The molecule has 0 aliphatic heterocycles. The van der Waals surface area contributed by atoms with E-state index >= 15 is 0 Å². The Labute approximate surface area is 195 Å². The Balaban J connectivity index is 1.95. The highest BCUT2D eigenvalue weighted by Gasteiger charge is 2.39. The van der Waals surface area contributed by atoms with E-state index in [1.807, 2.05) is 0 Å². The van der Waals surface area contributed by atoms with Crippen LogP contribution in [0.3, 0.4) is 0 Å². The maximum atomic E-state index is 13.4. The number of methoxy groups -OCH3 is 2. The van der Waals surface area contributed by atoms with Crippen LogP contribution in [-0.4, -0.2) is 44.4 Å². The Hall–Kier alpha value is -3.53. The Bertz CT molecular complexity index is 1160. The van der Waals surface area contributed by atoms with E-state index in [1.165, 1.54) is 44.6 Å². The quantitative estimate of drug-likeness (QED) is 0.290. The van der Waals surface area contributed by atoms with Crippen molar-refractivity contribution in [2.45, 2.75) is 5.85 Å². The SMILES string of the molecule is COc1cc(OC)nc(Oc2ccccc2C(=O)OC(c2ccc(F)cc2)P(=O)(OC)OC)n1. The van der Waals surface area contributed by atoms with Crippen LogP contribution in [0.15, 0.2) is 54.6 Å². The number of benzene rings is 2. The molecule has 0 radical (unpaired) electrons. The van der Waals surface area contributed by atoms with Crippen molar-refractivity contribution < 1.29 is 41.7 Å². The molecule has 12 heteroatoms. The monoisotopic (exact) mass is 492 g/mol. The minimum atomic E-state index is -3.97. The molecule has 0 aliphatic carbocycles. The number of hydrogen-bond donors (Lipinski definition) is 0. The number of ether oxygens (including phenoxy) is 4. The number of aromatic nitrogens is 2. The van der Waals surface area contributed by atoms with Crippen molar-refractivity contribution in [3.8, 4) is 23.5 Å². The Morgan fingerprint density at radius 2 is 1.50 bits per heavy atom. The first-order valence-electron chi connectivity index (χ1n) is 9.75. The molecule has 10 nitrogen and oxygen atoms in total. The predicted molar refractivity (Wildman–Crippen MR) is 118 cm³/mol. The van der Waals surface area contributed by atoms with Gasteiger partial charge in [-0.3, -0.25) is 4.57 Å². The summed E-state index contributed by atoms with van der Waals surface area (Å²) in [4.78, 5) is 21.3. The number of halogens is 1. The predicted octanol–water partition coefficient (Wildman–Crippen LogP) is 4.77. The minimum Gasteiger partial charge on any atom is -0.481 e. The Morgan fingerprint density at radius 1 is 0.912 bits per heavy atom. The fraction of sp³-hybridized carbons (Fsp3) is 0.227. The Morgan fingerprint density at radius 3 is 2.06 bits per heavy atom. The summed E-state index contributed by atoms with van der Waals surface area (Å²) < 4.78 is 58.0. The average molecular weight is 492 g/mol. The van der Waals surface area contributed by atoms with Crippen molar-refractivity contribution >= 4 is 13.6 Å². The van der Waals surface area contributed by atoms with Crippen LogP contribution in [0.5, 0.6) is 23.5 Å². The molecule has 0 saturated heterocycles. The van der Waals surface area contributed by atoms with E-state index in [1.54, 1.807) is 12.1 Å². The van der Waals surface area contributed by atoms with Gasteiger partial charge in [0.05, 0.1) is 20.3 Å². The molecule has 0 aliphatic rings. The lowest BCUT2D eigenvalue weighted by Crippen LogP contribution is -2.15. The number of carbonyl (C=O) groups is 1. The molecule has 2 aromatic carbocycles. The molecule has 1 heterocycles. The van der Waals surface area contributed by atoms with Gasteiger partial charge in [-0.2, -0.15) is 9.97 Å². The molecule has 34 heavy (non-hydrogen) atoms. The van der Waals surface area contributed by atoms with Crippen molar-refractivity contribution in [2.24, 2.45) is 0 Å². The first-order chi connectivity index (χ1) is 16.3. The highest BCUT2D eigenvalue weighted by atomic mass is 31.2. The van der Waals surface area contributed by atoms with E-state index in [0.29, 0.717) is 0 Å². The smallest absolute Gasteiger partial charge is 0.375 e. The summed E-state index contributed by atoms with van der Waals surface area (Å²) in [5.74, 6) is -2.50. The maximum Gasteiger partial charge on any atom is 0.375 e. The van der Waals surface area contributed by atoms with Gasteiger partial charge < -0.3 is 28.0 Å². The van der Waals surface area contributed by atoms with Crippen molar-refractivity contribution in [3.63, 3.8) is 0 Å². The number of nitrogens with zero attached hydrogens (tertiary/aromatic N) is 2. The fourth-order valence-corrected chi connectivity index (χ4v) is 4.13. The topological polar surface area (TPSA) is 115 Å². The molecular formula is C22H22FN2O8P. The van der Waals surface area contributed by atoms with Gasteiger partial charge >= 0.3 is 19.6 Å². The fourth-order valence-electron chi connectivity index (χ4n) is 2.83. The number of hydrogen-bond acceptors (Lipinski definition) is 10. The van der Waals surface area contributed by atoms with Crippen molar-refractivity contribution in [3.05, 3.63) is 71.5 Å². The number of rotatable bonds is 10. The Kier molecular flexibility index (Phi) is 8.17. The average Bonchev–Trinajstić information content (AvgIpc) is 2.87. The molecule has 3 aromatic rings. The molecule has 0 saturated carbocycles. The normalized spacial score (nSPS) is 12.0. The van der Waals surface area contributed by atoms with E-state index in [4.69, 9.17) is 28.0 Å². The molecule has 1 aromatic heterocycles. The van der Waals surface area contributed by atoms with Gasteiger partial charge in [0.25, 0.3) is 0 Å². The second kappa shape index (κ2) is 11.1. The van der Waals surface area contributed by atoms with Gasteiger partial charge in [-0.1, -0.05) is 24.3 Å². The highest BCUT2D eigenvalue weighted by Crippen LogP contribution is 2.60. The van der Waals surface area contributed by atoms with Gasteiger partial charge in [0.1, 0.15) is 17.1 Å². The van der Waals surface area contributed by atoms with Crippen molar-refractivity contribution in [1.29, 1.82) is 0 Å². The second-order valence-electron chi connectivity index (χ2n) is 6.55. The molecule has 0 N–H and O–H groups in total. The zero-order valence-electron chi connectivity index (χ0n) is 18.8. The van der Waals surface area contributed by atoms with E-state index in [-0.39, 0.29) is 34.6 Å². The van der Waals surface area contributed by atoms with E-state index < -0.39 is 25.2 Å². The summed E-state index contributed by atoms with van der Waals surface area (Å²) in [5.41, 5.74) is 0.180. The number of esters is 1. The van der Waals surface area contributed by atoms with Crippen LogP contribution in [0, 0.1) is 5.82 Å². The molecule has 0 bridgehead atoms. The molecule has 3 rings (SSSR count). The van der Waals surface area contributed by atoms with Gasteiger partial charge in [0, 0.05) is 19.8 Å². The molecule has 0 amide bonds. The second-order valence-corrected chi connectivity index (χ2v) is 8.83. The summed E-state index contributed by atoms with van der Waals surface area (Å²) in [6.45, 7) is 0. The summed E-state index contributed by atoms with van der Waals surface area (Å²) >= 11 is 0. The third-order valence-corrected chi connectivity index (χ3v) is 6.55. The third kappa shape index (κ3) is 5.69. The standard InChI is InChI=1S/C22H22FN2O8P/c1-28-18-13-19(29-2)25-22(24-18)32-17-8-6-5-7-16(17)20(26)33-21(34(27,30-3)31-4)14-9-11-15(23)12-10-14/h5-13,21H,1-4H3. The van der Waals surface area contributed by atoms with Crippen LogP contribution in [-0.2, 0) is 18.3 Å². The van der Waals surface area contributed by atoms with Crippen LogP contribution in [0.4, 0.5) is 4.39 Å². The van der Waals surface area contributed by atoms with Crippen LogP contribution in [0.1, 0.15) is 21.8 Å². The van der Waals surface area contributed by atoms with Crippen LogP contribution in [0.2, 0.25) is 0 Å². The van der Waals surface area contributed by atoms with E-state index in [2.05, 4.69) is 9.97 Å². The summed E-state index contributed by atoms with van der Waals surface area (Å²) in [6, 6.07) is 12.3. The third-order valence-electron chi connectivity index (χ3n) is 4.56. The zero-order chi connectivity index (χ0) is 24.7. The lowest BCUT2D eigenvalue weighted by atomic mass is 10.2. The van der Waals surface area contributed by atoms with Gasteiger partial charge in [0.15, 0.2) is 0 Å². The minimum absolute atomic E-state index is 0.0289. The molecule has 180 valence electrons. The lowest BCUT2D eigenvalue weighted by molar-refractivity contribution is 0.0378. The van der Waals surface area contributed by atoms with Gasteiger partial charge in [-0.05, 0) is 24.3 Å². The largest absolute Gasteiger partial charge is 0.481 e. The van der Waals surface area contributed by atoms with Crippen LogP contribution < -0.4 is 14.2 Å². The summed E-state index contributed by atoms with van der Waals surface area (Å²) in [6.07, 6.45) is 0. The molecule has 1 atom stereocenters.